The monoisotopic (exact) mass is 288 g/mol. The summed E-state index contributed by atoms with van der Waals surface area (Å²) in [5.41, 5.74) is 0. The fourth-order valence-corrected chi connectivity index (χ4v) is 1.75. The van der Waals surface area contributed by atoms with Crippen LogP contribution in [0.1, 0.15) is 12.8 Å². The normalized spacial score (nSPS) is 9.94. The smallest absolute Gasteiger partial charge is 0.203 e. The quantitative estimate of drug-likeness (QED) is 0.569. The highest BCUT2D eigenvalue weighted by Crippen LogP contribution is 2.36. The number of ether oxygens (including phenoxy) is 3. The molecule has 0 amide bonds. The lowest BCUT2D eigenvalue weighted by atomic mass is 10.3. The highest BCUT2D eigenvalue weighted by molar-refractivity contribution is 9.09. The van der Waals surface area contributed by atoms with Gasteiger partial charge in [0.25, 0.3) is 0 Å². The lowest BCUT2D eigenvalue weighted by Gasteiger charge is -2.13. The third-order valence-electron chi connectivity index (χ3n) is 2.15. The van der Waals surface area contributed by atoms with Crippen molar-refractivity contribution in [3.05, 3.63) is 18.2 Å². The van der Waals surface area contributed by atoms with Gasteiger partial charge in [-0.3, -0.25) is 0 Å². The molecule has 0 atom stereocenters. The summed E-state index contributed by atoms with van der Waals surface area (Å²) in [4.78, 5) is 0. The number of unbranched alkanes of at least 4 members (excludes halogenated alkanes) is 1. The third-order valence-corrected chi connectivity index (χ3v) is 2.71. The Morgan fingerprint density at radius 1 is 1.06 bits per heavy atom. The van der Waals surface area contributed by atoms with Gasteiger partial charge in [-0.05, 0) is 25.0 Å². The fraction of sp³-hybridized carbons (Fsp3) is 0.500. The van der Waals surface area contributed by atoms with E-state index >= 15 is 0 Å². The van der Waals surface area contributed by atoms with E-state index in [0.717, 1.165) is 23.9 Å². The van der Waals surface area contributed by atoms with Crippen molar-refractivity contribution in [2.45, 2.75) is 12.8 Å². The average Bonchev–Trinajstić information content (AvgIpc) is 2.34. The van der Waals surface area contributed by atoms with Crippen LogP contribution in [0.25, 0.3) is 0 Å². The zero-order valence-electron chi connectivity index (χ0n) is 9.66. The molecule has 0 N–H and O–H groups in total. The molecule has 0 aliphatic heterocycles. The van der Waals surface area contributed by atoms with Crippen molar-refractivity contribution in [3.63, 3.8) is 0 Å². The van der Waals surface area contributed by atoms with E-state index in [9.17, 15) is 0 Å². The Morgan fingerprint density at radius 3 is 2.44 bits per heavy atom. The Balaban J connectivity index is 2.63. The van der Waals surface area contributed by atoms with Crippen molar-refractivity contribution < 1.29 is 14.2 Å². The van der Waals surface area contributed by atoms with Gasteiger partial charge in [-0.1, -0.05) is 22.0 Å². The van der Waals surface area contributed by atoms with E-state index in [2.05, 4.69) is 15.9 Å². The Bertz CT molecular complexity index is 315. The molecule has 4 heteroatoms. The van der Waals surface area contributed by atoms with Crippen LogP contribution in [0.4, 0.5) is 0 Å². The minimum atomic E-state index is 0.656. The predicted octanol–water partition coefficient (Wildman–Crippen LogP) is 3.26. The van der Waals surface area contributed by atoms with Crippen molar-refractivity contribution in [3.8, 4) is 17.2 Å². The van der Waals surface area contributed by atoms with Crippen LogP contribution >= 0.6 is 15.9 Å². The number of hydrogen-bond donors (Lipinski definition) is 0. The maximum atomic E-state index is 5.65. The highest BCUT2D eigenvalue weighted by Gasteiger charge is 2.09. The van der Waals surface area contributed by atoms with Crippen LogP contribution in [0.15, 0.2) is 18.2 Å². The first-order chi connectivity index (χ1) is 7.83. The maximum absolute atomic E-state index is 5.65. The molecule has 1 rings (SSSR count). The molecule has 0 bridgehead atoms. The van der Waals surface area contributed by atoms with E-state index in [1.54, 1.807) is 14.2 Å². The van der Waals surface area contributed by atoms with Crippen LogP contribution in [0, 0.1) is 0 Å². The predicted molar refractivity (Wildman–Crippen MR) is 68.1 cm³/mol. The van der Waals surface area contributed by atoms with Gasteiger partial charge in [0.05, 0.1) is 20.8 Å². The molecular formula is C12H17BrO3. The number of para-hydroxylation sites is 1. The Labute approximate surface area is 105 Å². The summed E-state index contributed by atoms with van der Waals surface area (Å²) < 4.78 is 16.1. The van der Waals surface area contributed by atoms with Crippen LogP contribution < -0.4 is 14.2 Å². The second-order valence-corrected chi connectivity index (χ2v) is 4.03. The molecular weight excluding hydrogens is 272 g/mol. The zero-order chi connectivity index (χ0) is 11.8. The van der Waals surface area contributed by atoms with Crippen LogP contribution in [0.3, 0.4) is 0 Å². The maximum Gasteiger partial charge on any atom is 0.203 e. The van der Waals surface area contributed by atoms with E-state index in [-0.39, 0.29) is 0 Å². The van der Waals surface area contributed by atoms with Gasteiger partial charge in [-0.25, -0.2) is 0 Å². The molecule has 90 valence electrons. The third kappa shape index (κ3) is 3.59. The minimum absolute atomic E-state index is 0.656. The molecule has 0 saturated heterocycles. The molecule has 0 fully saturated rings. The highest BCUT2D eigenvalue weighted by atomic mass is 79.9. The van der Waals surface area contributed by atoms with Crippen molar-refractivity contribution in [1.82, 2.24) is 0 Å². The molecule has 0 radical (unpaired) electrons. The van der Waals surface area contributed by atoms with E-state index in [1.807, 2.05) is 18.2 Å². The number of hydrogen-bond acceptors (Lipinski definition) is 3. The molecule has 0 aliphatic rings. The molecule has 0 aliphatic carbocycles. The first kappa shape index (κ1) is 13.2. The van der Waals surface area contributed by atoms with Gasteiger partial charge >= 0.3 is 0 Å². The summed E-state index contributed by atoms with van der Waals surface area (Å²) in [6.45, 7) is 0.690. The Hall–Kier alpha value is -0.900. The lowest BCUT2D eigenvalue weighted by molar-refractivity contribution is 0.279. The lowest BCUT2D eigenvalue weighted by Crippen LogP contribution is -2.00. The van der Waals surface area contributed by atoms with Gasteiger partial charge in [0.1, 0.15) is 0 Å². The SMILES string of the molecule is COc1cccc(OCCCCBr)c1OC. The van der Waals surface area contributed by atoms with Crippen molar-refractivity contribution in [2.24, 2.45) is 0 Å². The summed E-state index contributed by atoms with van der Waals surface area (Å²) in [5.74, 6) is 2.08. The number of halogens is 1. The van der Waals surface area contributed by atoms with Crippen LogP contribution in [0.2, 0.25) is 0 Å². The molecule has 16 heavy (non-hydrogen) atoms. The first-order valence-electron chi connectivity index (χ1n) is 5.23. The van der Waals surface area contributed by atoms with Gasteiger partial charge in [0.15, 0.2) is 11.5 Å². The zero-order valence-corrected chi connectivity index (χ0v) is 11.2. The number of alkyl halides is 1. The van der Waals surface area contributed by atoms with Gasteiger partial charge in [0, 0.05) is 5.33 Å². The summed E-state index contributed by atoms with van der Waals surface area (Å²) >= 11 is 3.39. The number of methoxy groups -OCH3 is 2. The van der Waals surface area contributed by atoms with E-state index in [1.165, 1.54) is 0 Å². The van der Waals surface area contributed by atoms with Gasteiger partial charge in [0.2, 0.25) is 5.75 Å². The van der Waals surface area contributed by atoms with Crippen LogP contribution in [-0.4, -0.2) is 26.2 Å². The van der Waals surface area contributed by atoms with Crippen molar-refractivity contribution >= 4 is 15.9 Å². The standard InChI is InChI=1S/C12H17BrO3/c1-14-10-6-5-7-11(12(10)15-2)16-9-4-3-8-13/h5-7H,3-4,8-9H2,1-2H3. The van der Waals surface area contributed by atoms with Crippen LogP contribution in [-0.2, 0) is 0 Å². The molecule has 1 aromatic carbocycles. The summed E-state index contributed by atoms with van der Waals surface area (Å²) in [7, 11) is 3.23. The molecule has 0 unspecified atom stereocenters. The van der Waals surface area contributed by atoms with Crippen molar-refractivity contribution in [1.29, 1.82) is 0 Å². The number of rotatable bonds is 7. The average molecular weight is 289 g/mol. The molecule has 0 heterocycles. The Kier molecular flexibility index (Phi) is 6.08. The van der Waals surface area contributed by atoms with Gasteiger partial charge in [-0.2, -0.15) is 0 Å². The molecule has 0 saturated carbocycles. The van der Waals surface area contributed by atoms with Crippen molar-refractivity contribution in [2.75, 3.05) is 26.2 Å². The number of benzene rings is 1. The molecule has 1 aromatic rings. The fourth-order valence-electron chi connectivity index (χ4n) is 1.35. The summed E-state index contributed by atoms with van der Waals surface area (Å²) in [6, 6.07) is 5.63. The minimum Gasteiger partial charge on any atom is -0.493 e. The second kappa shape index (κ2) is 7.39. The molecule has 3 nitrogen and oxygen atoms in total. The molecule has 0 spiro atoms. The summed E-state index contributed by atoms with van der Waals surface area (Å²) in [6.07, 6.45) is 2.12. The molecule has 0 aromatic heterocycles. The van der Waals surface area contributed by atoms with Gasteiger partial charge in [-0.15, -0.1) is 0 Å². The largest absolute Gasteiger partial charge is 0.493 e. The van der Waals surface area contributed by atoms with E-state index < -0.39 is 0 Å². The van der Waals surface area contributed by atoms with E-state index in [0.29, 0.717) is 18.1 Å². The first-order valence-corrected chi connectivity index (χ1v) is 6.35. The topological polar surface area (TPSA) is 27.7 Å². The Morgan fingerprint density at radius 2 is 1.81 bits per heavy atom. The van der Waals surface area contributed by atoms with Gasteiger partial charge < -0.3 is 14.2 Å². The van der Waals surface area contributed by atoms with Crippen LogP contribution in [0.5, 0.6) is 17.2 Å². The van der Waals surface area contributed by atoms with E-state index in [4.69, 9.17) is 14.2 Å². The second-order valence-electron chi connectivity index (χ2n) is 3.24. The summed E-state index contributed by atoms with van der Waals surface area (Å²) in [5, 5.41) is 1.01.